The lowest BCUT2D eigenvalue weighted by Gasteiger charge is -2.06. The molecule has 3 heteroatoms. The third-order valence-electron chi connectivity index (χ3n) is 2.12. The van der Waals surface area contributed by atoms with E-state index in [0.29, 0.717) is 6.42 Å². The van der Waals surface area contributed by atoms with Crippen molar-refractivity contribution in [2.75, 3.05) is 7.11 Å². The summed E-state index contributed by atoms with van der Waals surface area (Å²) in [7, 11) is 1.60. The zero-order chi connectivity index (χ0) is 12.0. The van der Waals surface area contributed by atoms with Gasteiger partial charge in [0.25, 0.3) is 0 Å². The standard InChI is InChI=1S/C13H14O3/c1-3-4-11-9-12(16-2)7-5-10(11)6-8-13(14)15/h3,5-9H,1,4H2,2H3,(H,14,15)/b8-6+. The molecule has 1 aromatic carbocycles. The van der Waals surface area contributed by atoms with Gasteiger partial charge in [-0.2, -0.15) is 0 Å². The van der Waals surface area contributed by atoms with E-state index in [0.717, 1.165) is 23.0 Å². The first-order valence-electron chi connectivity index (χ1n) is 4.86. The lowest BCUT2D eigenvalue weighted by Crippen LogP contribution is -1.92. The second-order valence-electron chi connectivity index (χ2n) is 3.23. The topological polar surface area (TPSA) is 46.5 Å². The Morgan fingerprint density at radius 2 is 2.31 bits per heavy atom. The maximum atomic E-state index is 10.4. The van der Waals surface area contributed by atoms with Gasteiger partial charge in [-0.1, -0.05) is 12.1 Å². The van der Waals surface area contributed by atoms with Crippen LogP contribution in [0.15, 0.2) is 36.9 Å². The van der Waals surface area contributed by atoms with Crippen LogP contribution in [0.4, 0.5) is 0 Å². The Kier molecular flexibility index (Phi) is 4.33. The molecule has 0 aliphatic heterocycles. The zero-order valence-electron chi connectivity index (χ0n) is 9.14. The molecule has 0 atom stereocenters. The first-order chi connectivity index (χ1) is 7.67. The van der Waals surface area contributed by atoms with Gasteiger partial charge >= 0.3 is 5.97 Å². The van der Waals surface area contributed by atoms with Crippen molar-refractivity contribution in [2.45, 2.75) is 6.42 Å². The Hall–Kier alpha value is -2.03. The Labute approximate surface area is 94.7 Å². The second kappa shape index (κ2) is 5.75. The highest BCUT2D eigenvalue weighted by atomic mass is 16.5. The highest BCUT2D eigenvalue weighted by molar-refractivity contribution is 5.85. The fraction of sp³-hybridized carbons (Fsp3) is 0.154. The highest BCUT2D eigenvalue weighted by Gasteiger charge is 2.01. The van der Waals surface area contributed by atoms with Gasteiger partial charge in [0.1, 0.15) is 5.75 Å². The van der Waals surface area contributed by atoms with Crippen molar-refractivity contribution in [3.8, 4) is 5.75 Å². The second-order valence-corrected chi connectivity index (χ2v) is 3.23. The molecule has 0 spiro atoms. The van der Waals surface area contributed by atoms with Crippen LogP contribution < -0.4 is 4.74 Å². The summed E-state index contributed by atoms with van der Waals surface area (Å²) in [6.07, 6.45) is 5.14. The normalized spacial score (nSPS) is 10.3. The van der Waals surface area contributed by atoms with Gasteiger partial charge in [-0.3, -0.25) is 0 Å². The number of aliphatic carboxylic acids is 1. The molecule has 16 heavy (non-hydrogen) atoms. The molecule has 0 amide bonds. The van der Waals surface area contributed by atoms with E-state index in [9.17, 15) is 4.79 Å². The average Bonchev–Trinajstić information content (AvgIpc) is 2.27. The smallest absolute Gasteiger partial charge is 0.328 e. The number of allylic oxidation sites excluding steroid dienone is 1. The van der Waals surface area contributed by atoms with Crippen LogP contribution >= 0.6 is 0 Å². The van der Waals surface area contributed by atoms with Crippen molar-refractivity contribution in [1.29, 1.82) is 0 Å². The first-order valence-corrected chi connectivity index (χ1v) is 4.86. The number of carboxylic acid groups (broad SMARTS) is 1. The summed E-state index contributed by atoms with van der Waals surface area (Å²) >= 11 is 0. The minimum atomic E-state index is -0.958. The predicted octanol–water partition coefficient (Wildman–Crippen LogP) is 2.52. The molecule has 1 N–H and O–H groups in total. The summed E-state index contributed by atoms with van der Waals surface area (Å²) in [6, 6.07) is 5.51. The summed E-state index contributed by atoms with van der Waals surface area (Å²) in [6.45, 7) is 3.67. The van der Waals surface area contributed by atoms with E-state index in [2.05, 4.69) is 6.58 Å². The Balaban J connectivity index is 3.06. The van der Waals surface area contributed by atoms with Gasteiger partial charge in [0.2, 0.25) is 0 Å². The van der Waals surface area contributed by atoms with Gasteiger partial charge in [0.05, 0.1) is 7.11 Å². The van der Waals surface area contributed by atoms with Crippen LogP contribution in [-0.4, -0.2) is 18.2 Å². The fourth-order valence-electron chi connectivity index (χ4n) is 1.37. The molecule has 0 aromatic heterocycles. The molecule has 0 aliphatic carbocycles. The van der Waals surface area contributed by atoms with Gasteiger partial charge in [-0.25, -0.2) is 4.79 Å². The molecule has 1 aromatic rings. The molecule has 84 valence electrons. The van der Waals surface area contributed by atoms with Crippen molar-refractivity contribution in [3.63, 3.8) is 0 Å². The van der Waals surface area contributed by atoms with Crippen LogP contribution in [0.3, 0.4) is 0 Å². The number of methoxy groups -OCH3 is 1. The molecule has 0 aliphatic rings. The molecule has 0 unspecified atom stereocenters. The Morgan fingerprint density at radius 1 is 1.56 bits per heavy atom. The Bertz CT molecular complexity index is 419. The van der Waals surface area contributed by atoms with E-state index >= 15 is 0 Å². The fourth-order valence-corrected chi connectivity index (χ4v) is 1.37. The van der Waals surface area contributed by atoms with Crippen molar-refractivity contribution >= 4 is 12.0 Å². The lowest BCUT2D eigenvalue weighted by atomic mass is 10.0. The summed E-state index contributed by atoms with van der Waals surface area (Å²) in [4.78, 5) is 10.4. The van der Waals surface area contributed by atoms with Crippen LogP contribution in [0.1, 0.15) is 11.1 Å². The SMILES string of the molecule is C=CCc1cc(OC)ccc1/C=C/C(=O)O. The van der Waals surface area contributed by atoms with Crippen LogP contribution in [0.25, 0.3) is 6.08 Å². The first kappa shape index (κ1) is 12.0. The lowest BCUT2D eigenvalue weighted by molar-refractivity contribution is -0.131. The number of hydrogen-bond donors (Lipinski definition) is 1. The van der Waals surface area contributed by atoms with E-state index in [1.165, 1.54) is 0 Å². The molecular weight excluding hydrogens is 204 g/mol. The largest absolute Gasteiger partial charge is 0.497 e. The van der Waals surface area contributed by atoms with Crippen LogP contribution in [0.2, 0.25) is 0 Å². The maximum absolute atomic E-state index is 10.4. The molecule has 0 radical (unpaired) electrons. The number of ether oxygens (including phenoxy) is 1. The molecule has 0 saturated heterocycles. The number of hydrogen-bond acceptors (Lipinski definition) is 2. The number of carbonyl (C=O) groups is 1. The summed E-state index contributed by atoms with van der Waals surface area (Å²) in [5.41, 5.74) is 1.86. The maximum Gasteiger partial charge on any atom is 0.328 e. The summed E-state index contributed by atoms with van der Waals surface area (Å²) < 4.78 is 5.11. The number of rotatable bonds is 5. The summed E-state index contributed by atoms with van der Waals surface area (Å²) in [5, 5.41) is 8.56. The van der Waals surface area contributed by atoms with Crippen molar-refractivity contribution in [1.82, 2.24) is 0 Å². The number of carboxylic acids is 1. The molecule has 1 rings (SSSR count). The van der Waals surface area contributed by atoms with Gasteiger partial charge in [0.15, 0.2) is 0 Å². The third-order valence-corrected chi connectivity index (χ3v) is 2.12. The molecule has 0 bridgehead atoms. The minimum absolute atomic E-state index is 0.677. The van der Waals surface area contributed by atoms with Crippen molar-refractivity contribution in [3.05, 3.63) is 48.1 Å². The van der Waals surface area contributed by atoms with Gasteiger partial charge < -0.3 is 9.84 Å². The minimum Gasteiger partial charge on any atom is -0.497 e. The van der Waals surface area contributed by atoms with Crippen molar-refractivity contribution in [2.24, 2.45) is 0 Å². The predicted molar refractivity (Wildman–Crippen MR) is 63.6 cm³/mol. The third kappa shape index (κ3) is 3.28. The van der Waals surface area contributed by atoms with Gasteiger partial charge in [0, 0.05) is 6.08 Å². The monoisotopic (exact) mass is 218 g/mol. The van der Waals surface area contributed by atoms with E-state index in [1.807, 2.05) is 12.1 Å². The van der Waals surface area contributed by atoms with Crippen LogP contribution in [-0.2, 0) is 11.2 Å². The quantitative estimate of drug-likeness (QED) is 0.610. The molecule has 3 nitrogen and oxygen atoms in total. The van der Waals surface area contributed by atoms with Crippen LogP contribution in [0, 0.1) is 0 Å². The number of benzene rings is 1. The van der Waals surface area contributed by atoms with Crippen LogP contribution in [0.5, 0.6) is 5.75 Å². The van der Waals surface area contributed by atoms with E-state index in [-0.39, 0.29) is 0 Å². The molecule has 0 heterocycles. The van der Waals surface area contributed by atoms with E-state index in [1.54, 1.807) is 25.3 Å². The Morgan fingerprint density at radius 3 is 2.88 bits per heavy atom. The zero-order valence-corrected chi connectivity index (χ0v) is 9.14. The molecule has 0 fully saturated rings. The van der Waals surface area contributed by atoms with Gasteiger partial charge in [-0.05, 0) is 35.8 Å². The van der Waals surface area contributed by atoms with Crippen molar-refractivity contribution < 1.29 is 14.6 Å². The average molecular weight is 218 g/mol. The molecular formula is C13H14O3. The van der Waals surface area contributed by atoms with E-state index < -0.39 is 5.97 Å². The highest BCUT2D eigenvalue weighted by Crippen LogP contribution is 2.19. The van der Waals surface area contributed by atoms with E-state index in [4.69, 9.17) is 9.84 Å². The molecule has 0 saturated carbocycles. The van der Waals surface area contributed by atoms with Gasteiger partial charge in [-0.15, -0.1) is 6.58 Å². The summed E-state index contributed by atoms with van der Waals surface area (Å²) in [5.74, 6) is -0.204.